The molecule has 0 bridgehead atoms. The summed E-state index contributed by atoms with van der Waals surface area (Å²) >= 11 is 0. The normalized spacial score (nSPS) is 9.44. The van der Waals surface area contributed by atoms with Gasteiger partial charge in [-0.3, -0.25) is 4.98 Å². The summed E-state index contributed by atoms with van der Waals surface area (Å²) < 4.78 is 0. The van der Waals surface area contributed by atoms with Crippen molar-refractivity contribution in [3.05, 3.63) is 30.1 Å². The Morgan fingerprint density at radius 2 is 1.62 bits per heavy atom. The monoisotopic (exact) mass is 218 g/mol. The summed E-state index contributed by atoms with van der Waals surface area (Å²) in [7, 11) is 0. The van der Waals surface area contributed by atoms with Gasteiger partial charge in [-0.2, -0.15) is 0 Å². The number of rotatable bonds is 3. The van der Waals surface area contributed by atoms with Gasteiger partial charge < -0.3 is 11.8 Å². The predicted octanol–water partition coefficient (Wildman–Crippen LogP) is -0.917. The molecule has 1 aromatic heterocycles. The minimum atomic E-state index is 0. The predicted molar refractivity (Wildman–Crippen MR) is 64.7 cm³/mol. The Morgan fingerprint density at radius 1 is 1.19 bits per heavy atom. The Kier molecular flexibility index (Phi) is 12.6. The topological polar surface area (TPSA) is 45.1 Å². The van der Waals surface area contributed by atoms with Gasteiger partial charge in [0.15, 0.2) is 0 Å². The second kappa shape index (κ2) is 11.2. The first-order chi connectivity index (χ1) is 7.06. The summed E-state index contributed by atoms with van der Waals surface area (Å²) in [6, 6.07) is 4.81. The molecule has 0 radical (unpaired) electrons. The fourth-order valence-electron chi connectivity index (χ4n) is 1.15. The molecule has 0 amide bonds. The minimum Gasteiger partial charge on any atom is -1.00 e. The van der Waals surface area contributed by atoms with Gasteiger partial charge in [0.25, 0.3) is 0 Å². The molecule has 0 atom stereocenters. The average Bonchev–Trinajstić information content (AvgIpc) is 2.18. The molecule has 3 nitrogen and oxygen atoms in total. The van der Waals surface area contributed by atoms with E-state index >= 15 is 0 Å². The number of pyridine rings is 1. The Balaban J connectivity index is -0.000000208. The standard InChI is InChI=1S/C6H7NO.C6H15N.Li.H/c8-5-6-1-3-7-4-2-6;1-5(2)7-6(3)4;;/h1-4,8H,5H2;5-7H,1-4H3;;/q;;+1;-1. The van der Waals surface area contributed by atoms with Crippen LogP contribution in [0.25, 0.3) is 0 Å². The van der Waals surface area contributed by atoms with E-state index in [1.165, 1.54) is 0 Å². The summed E-state index contributed by atoms with van der Waals surface area (Å²) in [5.41, 5.74) is 0.903. The van der Waals surface area contributed by atoms with Crippen LogP contribution in [0, 0.1) is 0 Å². The number of hydrogen-bond donors (Lipinski definition) is 2. The number of nitrogens with zero attached hydrogens (tertiary/aromatic N) is 1. The van der Waals surface area contributed by atoms with Gasteiger partial charge >= 0.3 is 18.9 Å². The van der Waals surface area contributed by atoms with E-state index in [4.69, 9.17) is 5.11 Å². The number of aromatic nitrogens is 1. The zero-order chi connectivity index (χ0) is 11.7. The van der Waals surface area contributed by atoms with Gasteiger partial charge in [0.2, 0.25) is 0 Å². The number of aliphatic hydroxyl groups is 1. The summed E-state index contributed by atoms with van der Waals surface area (Å²) in [6.45, 7) is 8.71. The van der Waals surface area contributed by atoms with Crippen LogP contribution in [0.5, 0.6) is 0 Å². The molecule has 88 valence electrons. The molecule has 0 fully saturated rings. The minimum absolute atomic E-state index is 0. The van der Waals surface area contributed by atoms with Crippen LogP contribution >= 0.6 is 0 Å². The van der Waals surface area contributed by atoms with Crippen molar-refractivity contribution in [2.75, 3.05) is 0 Å². The van der Waals surface area contributed by atoms with Gasteiger partial charge in [-0.25, -0.2) is 0 Å². The molecule has 2 N–H and O–H groups in total. The van der Waals surface area contributed by atoms with Crippen molar-refractivity contribution < 1.29 is 25.4 Å². The maximum atomic E-state index is 8.51. The molecule has 0 aliphatic carbocycles. The fraction of sp³-hybridized carbons (Fsp3) is 0.583. The maximum absolute atomic E-state index is 8.51. The molecule has 0 saturated carbocycles. The zero-order valence-corrected chi connectivity index (χ0v) is 11.1. The molecular formula is C12H23LiN2O. The van der Waals surface area contributed by atoms with E-state index in [0.29, 0.717) is 12.1 Å². The fourth-order valence-corrected chi connectivity index (χ4v) is 1.15. The second-order valence-corrected chi connectivity index (χ2v) is 3.99. The smallest absolute Gasteiger partial charge is 1.00 e. The van der Waals surface area contributed by atoms with Crippen LogP contribution in [-0.4, -0.2) is 22.2 Å². The average molecular weight is 218 g/mol. The van der Waals surface area contributed by atoms with E-state index in [2.05, 4.69) is 38.0 Å². The summed E-state index contributed by atoms with van der Waals surface area (Å²) in [5, 5.41) is 11.8. The molecule has 1 rings (SSSR count). The van der Waals surface area contributed by atoms with Crippen LogP contribution < -0.4 is 24.2 Å². The number of nitrogens with one attached hydrogen (secondary N) is 1. The van der Waals surface area contributed by atoms with Crippen LogP contribution in [-0.2, 0) is 6.61 Å². The molecule has 0 spiro atoms. The Morgan fingerprint density at radius 3 is 1.81 bits per heavy atom. The van der Waals surface area contributed by atoms with Crippen molar-refractivity contribution in [2.24, 2.45) is 0 Å². The van der Waals surface area contributed by atoms with Crippen molar-refractivity contribution in [1.82, 2.24) is 10.3 Å². The van der Waals surface area contributed by atoms with E-state index < -0.39 is 0 Å². The molecule has 1 heterocycles. The van der Waals surface area contributed by atoms with E-state index in [9.17, 15) is 0 Å². The van der Waals surface area contributed by atoms with Gasteiger partial charge in [-0.05, 0) is 17.7 Å². The SMILES string of the molecule is CC(C)NC(C)C.OCc1ccncc1.[H-].[Li+]. The van der Waals surface area contributed by atoms with Crippen molar-refractivity contribution in [2.45, 2.75) is 46.4 Å². The Bertz CT molecular complexity index is 240. The first kappa shape index (κ1) is 18.0. The van der Waals surface area contributed by atoms with Crippen molar-refractivity contribution in [3.8, 4) is 0 Å². The molecule has 16 heavy (non-hydrogen) atoms. The summed E-state index contributed by atoms with van der Waals surface area (Å²) in [4.78, 5) is 3.78. The first-order valence-electron chi connectivity index (χ1n) is 5.32. The van der Waals surface area contributed by atoms with E-state index in [1.54, 1.807) is 24.5 Å². The molecule has 4 heteroatoms. The largest absolute Gasteiger partial charge is 1.00 e. The van der Waals surface area contributed by atoms with E-state index in [0.717, 1.165) is 5.56 Å². The Labute approximate surface area is 112 Å². The molecule has 0 aromatic carbocycles. The second-order valence-electron chi connectivity index (χ2n) is 3.99. The summed E-state index contributed by atoms with van der Waals surface area (Å²) in [5.74, 6) is 0. The van der Waals surface area contributed by atoms with Gasteiger partial charge in [0.1, 0.15) is 0 Å². The van der Waals surface area contributed by atoms with Crippen molar-refractivity contribution in [1.29, 1.82) is 0 Å². The van der Waals surface area contributed by atoms with Crippen LogP contribution in [0.4, 0.5) is 0 Å². The van der Waals surface area contributed by atoms with Crippen molar-refractivity contribution in [3.63, 3.8) is 0 Å². The van der Waals surface area contributed by atoms with Gasteiger partial charge in [0.05, 0.1) is 6.61 Å². The van der Waals surface area contributed by atoms with Gasteiger partial charge in [-0.15, -0.1) is 0 Å². The third-order valence-electron chi connectivity index (χ3n) is 1.60. The van der Waals surface area contributed by atoms with Crippen LogP contribution in [0.3, 0.4) is 0 Å². The van der Waals surface area contributed by atoms with Crippen LogP contribution in [0.2, 0.25) is 0 Å². The number of hydrogen-bond acceptors (Lipinski definition) is 3. The quantitative estimate of drug-likeness (QED) is 0.645. The van der Waals surface area contributed by atoms with E-state index in [-0.39, 0.29) is 26.9 Å². The molecular weight excluding hydrogens is 195 g/mol. The Hall–Kier alpha value is -0.333. The third kappa shape index (κ3) is 11.7. The molecule has 0 unspecified atom stereocenters. The molecule has 0 aliphatic rings. The number of aliphatic hydroxyl groups excluding tert-OH is 1. The maximum Gasteiger partial charge on any atom is 1.00 e. The third-order valence-corrected chi connectivity index (χ3v) is 1.60. The van der Waals surface area contributed by atoms with Gasteiger partial charge in [0, 0.05) is 24.5 Å². The zero-order valence-electron chi connectivity index (χ0n) is 12.1. The molecule has 0 aliphatic heterocycles. The van der Waals surface area contributed by atoms with Gasteiger partial charge in [-0.1, -0.05) is 27.7 Å². The van der Waals surface area contributed by atoms with Crippen LogP contribution in [0.1, 0.15) is 34.7 Å². The first-order valence-corrected chi connectivity index (χ1v) is 5.32. The van der Waals surface area contributed by atoms with E-state index in [1.807, 2.05) is 0 Å². The van der Waals surface area contributed by atoms with Crippen molar-refractivity contribution >= 4 is 0 Å². The summed E-state index contributed by atoms with van der Waals surface area (Å²) in [6.07, 6.45) is 3.32. The molecule has 1 aromatic rings. The van der Waals surface area contributed by atoms with Crippen LogP contribution in [0.15, 0.2) is 24.5 Å². The molecule has 0 saturated heterocycles.